The predicted octanol–water partition coefficient (Wildman–Crippen LogP) is 4.01. The summed E-state index contributed by atoms with van der Waals surface area (Å²) in [5, 5.41) is 18.2. The Morgan fingerprint density at radius 1 is 1.21 bits per heavy atom. The molecular formula is C27H29F2N9O2S2. The number of hydrogen-bond acceptors (Lipinski definition) is 10. The van der Waals surface area contributed by atoms with E-state index in [2.05, 4.69) is 43.6 Å². The fourth-order valence-electron chi connectivity index (χ4n) is 6.79. The van der Waals surface area contributed by atoms with E-state index in [9.17, 15) is 22.5 Å². The van der Waals surface area contributed by atoms with Gasteiger partial charge in [0.15, 0.2) is 10.7 Å². The maximum atomic E-state index is 13.5. The van der Waals surface area contributed by atoms with Crippen LogP contribution < -0.4 is 9.62 Å². The zero-order chi connectivity index (χ0) is 29.4. The number of halogens is 2. The van der Waals surface area contributed by atoms with Gasteiger partial charge in [-0.2, -0.15) is 9.98 Å². The maximum Gasteiger partial charge on any atom is 0.291 e. The topological polar surface area (TPSA) is 133 Å². The van der Waals surface area contributed by atoms with Crippen molar-refractivity contribution in [3.8, 4) is 11.2 Å². The van der Waals surface area contributed by atoms with Gasteiger partial charge in [0.05, 0.1) is 21.9 Å². The van der Waals surface area contributed by atoms with Crippen LogP contribution in [0.25, 0.3) is 27.1 Å². The molecule has 7 rings (SSSR count). The molecule has 4 aromatic rings. The second-order valence-electron chi connectivity index (χ2n) is 11.3. The summed E-state index contributed by atoms with van der Waals surface area (Å²) in [5.74, 6) is 1.24. The lowest BCUT2D eigenvalue weighted by molar-refractivity contribution is 0.150. The Hall–Kier alpha value is -3.32. The van der Waals surface area contributed by atoms with Crippen molar-refractivity contribution < 1.29 is 17.2 Å². The Morgan fingerprint density at radius 3 is 2.62 bits per heavy atom. The molecule has 2 bridgehead atoms. The molecular weight excluding hydrogens is 584 g/mol. The van der Waals surface area contributed by atoms with Gasteiger partial charge >= 0.3 is 0 Å². The molecule has 0 radical (unpaired) electrons. The number of hydrogen-bond donors (Lipinski definition) is 1. The molecule has 4 heterocycles. The number of piperidine rings is 1. The Morgan fingerprint density at radius 2 is 2.00 bits per heavy atom. The highest BCUT2D eigenvalue weighted by atomic mass is 32.2. The molecule has 1 unspecified atom stereocenters. The highest BCUT2D eigenvalue weighted by Crippen LogP contribution is 2.46. The van der Waals surface area contributed by atoms with Crippen LogP contribution in [0.5, 0.6) is 0 Å². The van der Waals surface area contributed by atoms with Crippen LogP contribution in [0, 0.1) is 17.2 Å². The number of nitrogens with one attached hydrogen (secondary N) is 1. The average Bonchev–Trinajstić information content (AvgIpc) is 3.39. The quantitative estimate of drug-likeness (QED) is 0.297. The summed E-state index contributed by atoms with van der Waals surface area (Å²) in [7, 11) is -4.05. The largest absolute Gasteiger partial charge is 0.353 e. The van der Waals surface area contributed by atoms with Crippen molar-refractivity contribution in [2.45, 2.75) is 68.5 Å². The SMILES string of the molecule is CCN(CC)C1C[C@H]2C[C@@H]1CN2c1ncnc2c1c1ccc(S(=O)(=O)NC3(C#N)CC3)cc1n2-c1nnc(C(F)F)s1. The van der Waals surface area contributed by atoms with E-state index in [0.29, 0.717) is 52.8 Å². The van der Waals surface area contributed by atoms with Crippen molar-refractivity contribution in [3.05, 3.63) is 29.5 Å². The molecule has 0 amide bonds. The van der Waals surface area contributed by atoms with Gasteiger partial charge in [0.1, 0.15) is 17.7 Å². The Kier molecular flexibility index (Phi) is 6.46. The number of benzene rings is 1. The average molecular weight is 614 g/mol. The summed E-state index contributed by atoms with van der Waals surface area (Å²) in [4.78, 5) is 14.1. The first-order chi connectivity index (χ1) is 20.2. The summed E-state index contributed by atoms with van der Waals surface area (Å²) in [6.07, 6.45) is 1.64. The van der Waals surface area contributed by atoms with Gasteiger partial charge in [-0.3, -0.25) is 4.57 Å². The van der Waals surface area contributed by atoms with Crippen LogP contribution >= 0.6 is 11.3 Å². The number of sulfonamides is 1. The third-order valence-corrected chi connectivity index (χ3v) is 11.4. The standard InChI is InChI=1S/C27H29F2N9O2S2/c1-3-36(4-2)19-10-16-9-15(19)12-37(16)23-21-18-6-5-17(42(39,40)35-27(13-30)7-8-27)11-20(18)38(24(21)32-14-31-23)26-34-33-25(41-26)22(28)29/h5-6,11,14-16,19,22,35H,3-4,7-10,12H2,1-2H3/t15-,16-,19?/m1/s1. The van der Waals surface area contributed by atoms with E-state index in [-0.39, 0.29) is 10.0 Å². The summed E-state index contributed by atoms with van der Waals surface area (Å²) in [6, 6.07) is 7.54. The van der Waals surface area contributed by atoms with Crippen molar-refractivity contribution in [1.82, 2.24) is 34.4 Å². The number of nitriles is 1. The van der Waals surface area contributed by atoms with Crippen LogP contribution in [-0.4, -0.2) is 75.3 Å². The van der Waals surface area contributed by atoms with E-state index in [1.807, 2.05) is 6.07 Å². The second kappa shape index (κ2) is 9.87. The lowest BCUT2D eigenvalue weighted by Gasteiger charge is -2.38. The normalized spacial score (nSPS) is 23.1. The van der Waals surface area contributed by atoms with Crippen molar-refractivity contribution in [1.29, 1.82) is 5.26 Å². The molecule has 0 spiro atoms. The van der Waals surface area contributed by atoms with Crippen molar-refractivity contribution in [2.24, 2.45) is 5.92 Å². The molecule has 220 valence electrons. The minimum atomic E-state index is -4.05. The highest BCUT2D eigenvalue weighted by Gasteiger charge is 2.48. The molecule has 1 saturated heterocycles. The number of alkyl halides is 2. The van der Waals surface area contributed by atoms with Crippen LogP contribution in [0.2, 0.25) is 0 Å². The van der Waals surface area contributed by atoms with Gasteiger partial charge in [-0.25, -0.2) is 27.2 Å². The lowest BCUT2D eigenvalue weighted by atomic mass is 10.0. The highest BCUT2D eigenvalue weighted by molar-refractivity contribution is 7.89. The minimum Gasteiger partial charge on any atom is -0.353 e. The fourth-order valence-corrected chi connectivity index (χ4v) is 8.90. The first kappa shape index (κ1) is 27.5. The Labute approximate surface area is 245 Å². The van der Waals surface area contributed by atoms with Crippen LogP contribution in [-0.2, 0) is 10.0 Å². The van der Waals surface area contributed by atoms with Gasteiger partial charge in [-0.1, -0.05) is 31.3 Å². The Bertz CT molecular complexity index is 1840. The first-order valence-electron chi connectivity index (χ1n) is 14.1. The third-order valence-electron chi connectivity index (χ3n) is 8.97. The van der Waals surface area contributed by atoms with Gasteiger partial charge in [0.25, 0.3) is 6.43 Å². The predicted molar refractivity (Wildman–Crippen MR) is 153 cm³/mol. The molecule has 1 aromatic carbocycles. The van der Waals surface area contributed by atoms with Crippen LogP contribution in [0.1, 0.15) is 51.0 Å². The van der Waals surface area contributed by atoms with E-state index < -0.39 is 27.0 Å². The molecule has 3 aromatic heterocycles. The molecule has 3 atom stereocenters. The second-order valence-corrected chi connectivity index (χ2v) is 13.9. The van der Waals surface area contributed by atoms with Crippen LogP contribution in [0.3, 0.4) is 0 Å². The van der Waals surface area contributed by atoms with Crippen molar-refractivity contribution >= 4 is 49.1 Å². The zero-order valence-electron chi connectivity index (χ0n) is 23.0. The number of nitrogens with zero attached hydrogens (tertiary/aromatic N) is 8. The van der Waals surface area contributed by atoms with E-state index in [4.69, 9.17) is 4.98 Å². The molecule has 42 heavy (non-hydrogen) atoms. The van der Waals surface area contributed by atoms with Crippen LogP contribution in [0.15, 0.2) is 29.4 Å². The molecule has 15 heteroatoms. The molecule has 2 saturated carbocycles. The fraction of sp³-hybridized carbons (Fsp3) is 0.519. The van der Waals surface area contributed by atoms with Gasteiger partial charge in [0.2, 0.25) is 15.2 Å². The molecule has 1 aliphatic heterocycles. The molecule has 11 nitrogen and oxygen atoms in total. The molecule has 2 aliphatic carbocycles. The lowest BCUT2D eigenvalue weighted by Crippen LogP contribution is -2.46. The zero-order valence-corrected chi connectivity index (χ0v) is 24.7. The van der Waals surface area contributed by atoms with Crippen molar-refractivity contribution in [3.63, 3.8) is 0 Å². The molecule has 1 N–H and O–H groups in total. The smallest absolute Gasteiger partial charge is 0.291 e. The number of fused-ring (bicyclic) bond motifs is 5. The Balaban J connectivity index is 1.38. The van der Waals surface area contributed by atoms with Gasteiger partial charge < -0.3 is 9.80 Å². The summed E-state index contributed by atoms with van der Waals surface area (Å²) in [6.45, 7) is 7.24. The van der Waals surface area contributed by atoms with E-state index in [1.54, 1.807) is 10.6 Å². The number of anilines is 1. The molecule has 3 fully saturated rings. The maximum absolute atomic E-state index is 13.5. The monoisotopic (exact) mass is 613 g/mol. The van der Waals surface area contributed by atoms with Gasteiger partial charge in [-0.15, -0.1) is 10.2 Å². The number of aromatic nitrogens is 5. The van der Waals surface area contributed by atoms with E-state index in [0.717, 1.165) is 49.6 Å². The van der Waals surface area contributed by atoms with Gasteiger partial charge in [0, 0.05) is 24.0 Å². The van der Waals surface area contributed by atoms with Gasteiger partial charge in [-0.05, 0) is 56.8 Å². The van der Waals surface area contributed by atoms with E-state index >= 15 is 0 Å². The molecule has 3 aliphatic rings. The third kappa shape index (κ3) is 4.26. The summed E-state index contributed by atoms with van der Waals surface area (Å²) < 4.78 is 57.7. The number of rotatable bonds is 9. The van der Waals surface area contributed by atoms with E-state index in [1.165, 1.54) is 18.5 Å². The van der Waals surface area contributed by atoms with Crippen molar-refractivity contribution in [2.75, 3.05) is 24.5 Å². The summed E-state index contributed by atoms with van der Waals surface area (Å²) in [5.41, 5.74) is -0.227. The minimum absolute atomic E-state index is 0.0454. The van der Waals surface area contributed by atoms with Crippen LogP contribution in [0.4, 0.5) is 14.6 Å². The summed E-state index contributed by atoms with van der Waals surface area (Å²) >= 11 is 0.727. The first-order valence-corrected chi connectivity index (χ1v) is 16.4.